The van der Waals surface area contributed by atoms with Crippen molar-refractivity contribution >= 4 is 12.8 Å². The van der Waals surface area contributed by atoms with E-state index in [1.807, 2.05) is 0 Å². The molecule has 8 heavy (non-hydrogen) atoms. The molecule has 0 radical (unpaired) electrons. The molecule has 1 heterocycles. The van der Waals surface area contributed by atoms with Crippen LogP contribution >= 0.6 is 0 Å². The van der Waals surface area contributed by atoms with Crippen molar-refractivity contribution in [2.75, 3.05) is 6.61 Å². The van der Waals surface area contributed by atoms with Crippen LogP contribution < -0.4 is 0 Å². The summed E-state index contributed by atoms with van der Waals surface area (Å²) in [4.78, 5) is 0. The van der Waals surface area contributed by atoms with Crippen LogP contribution in [0.2, 0.25) is 22.3 Å². The molecule has 1 fully saturated rings. The third kappa shape index (κ3) is 1.50. The Morgan fingerprint density at radius 1 is 1.25 bits per heavy atom. The Morgan fingerprint density at radius 3 is 2.00 bits per heavy atom. The third-order valence-corrected chi connectivity index (χ3v) is 7.89. The second-order valence-corrected chi connectivity index (χ2v) is 17.8. The van der Waals surface area contributed by atoms with Gasteiger partial charge in [-0.25, -0.2) is 0 Å². The van der Waals surface area contributed by atoms with E-state index in [9.17, 15) is 0 Å². The first-order valence-electron chi connectivity index (χ1n) is 3.13. The Bertz CT molecular complexity index is 90.8. The van der Waals surface area contributed by atoms with Gasteiger partial charge in [-0.2, -0.15) is 0 Å². The molecule has 1 rings (SSSR count). The molecule has 1 saturated heterocycles. The molecule has 0 aliphatic carbocycles. The molecule has 2 heteroatoms. The van der Waals surface area contributed by atoms with Gasteiger partial charge in [-0.15, -0.1) is 0 Å². The molecule has 0 unspecified atom stereocenters. The summed E-state index contributed by atoms with van der Waals surface area (Å²) in [6, 6.07) is 0. The zero-order valence-electron chi connectivity index (χ0n) is 5.98. The molecule has 1 aliphatic heterocycles. The van der Waals surface area contributed by atoms with Gasteiger partial charge in [0.2, 0.25) is 0 Å². The van der Waals surface area contributed by atoms with E-state index in [4.69, 9.17) is 3.73 Å². The number of hydrogen-bond acceptors (Lipinski definition) is 1. The predicted molar refractivity (Wildman–Crippen MR) is 38.7 cm³/mol. The zero-order valence-corrected chi connectivity index (χ0v) is 7.85. The average Bonchev–Trinajstić information content (AvgIpc) is 1.81. The summed E-state index contributed by atoms with van der Waals surface area (Å²) >= 11 is -1.97. The van der Waals surface area contributed by atoms with E-state index in [-0.39, 0.29) is 0 Å². The van der Waals surface area contributed by atoms with Crippen molar-refractivity contribution in [2.24, 2.45) is 0 Å². The van der Waals surface area contributed by atoms with Crippen LogP contribution in [-0.4, -0.2) is 19.4 Å². The maximum absolute atomic E-state index is 5.71. The molecule has 0 N–H and O–H groups in total. The summed E-state index contributed by atoms with van der Waals surface area (Å²) in [5.74, 6) is 0. The second kappa shape index (κ2) is 1.52. The molecular formula is C6H15AsO. The maximum atomic E-state index is 5.71. The van der Waals surface area contributed by atoms with Crippen molar-refractivity contribution in [1.29, 1.82) is 0 Å². The summed E-state index contributed by atoms with van der Waals surface area (Å²) in [6.07, 6.45) is 1.30. The first-order chi connectivity index (χ1) is 3.47. The Hall–Kier alpha value is 0.518. The van der Waals surface area contributed by atoms with E-state index in [2.05, 4.69) is 17.1 Å². The summed E-state index contributed by atoms with van der Waals surface area (Å²) in [7, 11) is 0. The van der Waals surface area contributed by atoms with Crippen molar-refractivity contribution in [3.63, 3.8) is 0 Å². The van der Waals surface area contributed by atoms with Crippen LogP contribution in [0, 0.1) is 0 Å². The predicted octanol–water partition coefficient (Wildman–Crippen LogP) is 2.20. The van der Waals surface area contributed by atoms with E-state index in [1.165, 1.54) is 11.6 Å². The molecule has 1 aliphatic rings. The van der Waals surface area contributed by atoms with Gasteiger partial charge in [0, 0.05) is 0 Å². The van der Waals surface area contributed by atoms with Crippen LogP contribution in [-0.2, 0) is 3.73 Å². The summed E-state index contributed by atoms with van der Waals surface area (Å²) in [5.41, 5.74) is 7.02. The van der Waals surface area contributed by atoms with Crippen LogP contribution in [0.25, 0.3) is 0 Å². The Kier molecular flexibility index (Phi) is 1.26. The first kappa shape index (κ1) is 6.64. The van der Waals surface area contributed by atoms with Crippen LogP contribution in [0.3, 0.4) is 0 Å². The van der Waals surface area contributed by atoms with E-state index in [0.717, 1.165) is 6.61 Å². The van der Waals surface area contributed by atoms with Crippen LogP contribution in [0.5, 0.6) is 0 Å². The molecule has 0 aromatic rings. The zero-order chi connectivity index (χ0) is 6.28. The molecule has 1 nitrogen and oxygen atoms in total. The Morgan fingerprint density at radius 2 is 1.88 bits per heavy atom. The van der Waals surface area contributed by atoms with Gasteiger partial charge in [0.25, 0.3) is 0 Å². The van der Waals surface area contributed by atoms with Crippen LogP contribution in [0.4, 0.5) is 0 Å². The fourth-order valence-electron chi connectivity index (χ4n) is 1.07. The molecule has 50 valence electrons. The Labute approximate surface area is 52.4 Å². The monoisotopic (exact) mass is 178 g/mol. The van der Waals surface area contributed by atoms with Crippen molar-refractivity contribution in [1.82, 2.24) is 0 Å². The molecule has 0 saturated carbocycles. The normalized spacial score (nSPS) is 38.1. The van der Waals surface area contributed by atoms with Crippen molar-refractivity contribution in [3.8, 4) is 0 Å². The molecular weight excluding hydrogens is 163 g/mol. The van der Waals surface area contributed by atoms with E-state index in [0.29, 0.717) is 0 Å². The summed E-state index contributed by atoms with van der Waals surface area (Å²) in [6.45, 7) is 1.02. The SMILES string of the molecule is C[As]1(C)(C)CCCO1. The molecule has 0 aromatic heterocycles. The molecule has 0 bridgehead atoms. The van der Waals surface area contributed by atoms with Gasteiger partial charge >= 0.3 is 51.9 Å². The van der Waals surface area contributed by atoms with E-state index >= 15 is 0 Å². The standard InChI is InChI=1S/C6H15AsO/c1-7(2,3)5-4-6-8-7/h4-6H2,1-3H3. The van der Waals surface area contributed by atoms with Gasteiger partial charge < -0.3 is 0 Å². The molecule has 0 spiro atoms. The van der Waals surface area contributed by atoms with Gasteiger partial charge in [0.05, 0.1) is 0 Å². The summed E-state index contributed by atoms with van der Waals surface area (Å²) in [5, 5.41) is 1.37. The minimum atomic E-state index is -1.97. The van der Waals surface area contributed by atoms with E-state index in [1.54, 1.807) is 0 Å². The number of rotatable bonds is 0. The van der Waals surface area contributed by atoms with E-state index < -0.39 is 12.8 Å². The second-order valence-electron chi connectivity index (χ2n) is 3.88. The van der Waals surface area contributed by atoms with Gasteiger partial charge in [-0.3, -0.25) is 0 Å². The topological polar surface area (TPSA) is 9.23 Å². The van der Waals surface area contributed by atoms with Crippen LogP contribution in [0.1, 0.15) is 6.42 Å². The van der Waals surface area contributed by atoms with Crippen LogP contribution in [0.15, 0.2) is 0 Å². The van der Waals surface area contributed by atoms with Gasteiger partial charge in [-0.1, -0.05) is 0 Å². The molecule has 0 atom stereocenters. The van der Waals surface area contributed by atoms with Gasteiger partial charge in [-0.05, 0) is 0 Å². The third-order valence-electron chi connectivity index (χ3n) is 1.63. The molecule has 0 amide bonds. The van der Waals surface area contributed by atoms with Gasteiger partial charge in [0.1, 0.15) is 0 Å². The first-order valence-corrected chi connectivity index (χ1v) is 10.9. The van der Waals surface area contributed by atoms with Crippen molar-refractivity contribution in [2.45, 2.75) is 28.8 Å². The minimum absolute atomic E-state index is 1.02. The molecule has 0 aromatic carbocycles. The number of hydrogen-bond donors (Lipinski definition) is 0. The fourth-order valence-corrected chi connectivity index (χ4v) is 5.56. The quantitative estimate of drug-likeness (QED) is 0.516. The average molecular weight is 178 g/mol. The Balaban J connectivity index is 2.67. The van der Waals surface area contributed by atoms with Gasteiger partial charge in [0.15, 0.2) is 0 Å². The fraction of sp³-hybridized carbons (Fsp3) is 1.00. The van der Waals surface area contributed by atoms with Crippen molar-refractivity contribution in [3.05, 3.63) is 0 Å². The van der Waals surface area contributed by atoms with Crippen molar-refractivity contribution < 1.29 is 3.73 Å². The summed E-state index contributed by atoms with van der Waals surface area (Å²) < 4.78 is 5.71.